The number of pyridine rings is 1. The third-order valence-corrected chi connectivity index (χ3v) is 1.31. The molecule has 0 N–H and O–H groups in total. The molecule has 1 heterocycles. The van der Waals surface area contributed by atoms with Crippen LogP contribution in [0.3, 0.4) is 0 Å². The van der Waals surface area contributed by atoms with E-state index in [1.165, 1.54) is 12.1 Å². The number of nitrogens with zero attached hydrogens (tertiary/aromatic N) is 1. The SMILES string of the molecule is [B]c1ccc(OC(F)F)nc1C. The number of hydrogen-bond acceptors (Lipinski definition) is 2. The maximum absolute atomic E-state index is 11.7. The molecular formula is C7H6BF2NO. The molecule has 0 spiro atoms. The van der Waals surface area contributed by atoms with Gasteiger partial charge in [0.2, 0.25) is 5.88 Å². The van der Waals surface area contributed by atoms with Crippen LogP contribution in [0.5, 0.6) is 5.88 Å². The van der Waals surface area contributed by atoms with Gasteiger partial charge in [0.1, 0.15) is 7.85 Å². The van der Waals surface area contributed by atoms with Crippen molar-refractivity contribution in [2.75, 3.05) is 0 Å². The van der Waals surface area contributed by atoms with Gasteiger partial charge in [-0.3, -0.25) is 0 Å². The zero-order chi connectivity index (χ0) is 9.14. The van der Waals surface area contributed by atoms with Crippen LogP contribution in [0.4, 0.5) is 8.78 Å². The van der Waals surface area contributed by atoms with E-state index < -0.39 is 6.61 Å². The van der Waals surface area contributed by atoms with E-state index in [-0.39, 0.29) is 5.88 Å². The second kappa shape index (κ2) is 3.52. The third kappa shape index (κ3) is 2.18. The molecule has 12 heavy (non-hydrogen) atoms. The summed E-state index contributed by atoms with van der Waals surface area (Å²) in [6, 6.07) is 2.77. The minimum atomic E-state index is -2.85. The van der Waals surface area contributed by atoms with Crippen LogP contribution in [0, 0.1) is 6.92 Å². The van der Waals surface area contributed by atoms with Gasteiger partial charge >= 0.3 is 6.61 Å². The topological polar surface area (TPSA) is 22.1 Å². The van der Waals surface area contributed by atoms with Crippen molar-refractivity contribution < 1.29 is 13.5 Å². The van der Waals surface area contributed by atoms with E-state index in [1.807, 2.05) is 0 Å². The summed E-state index contributed by atoms with van der Waals surface area (Å²) in [5, 5.41) is 0. The number of alkyl halides is 2. The molecule has 62 valence electrons. The maximum atomic E-state index is 11.7. The zero-order valence-electron chi connectivity index (χ0n) is 6.42. The molecule has 0 aliphatic rings. The van der Waals surface area contributed by atoms with Crippen molar-refractivity contribution in [1.82, 2.24) is 4.98 Å². The molecular weight excluding hydrogens is 163 g/mol. The third-order valence-electron chi connectivity index (χ3n) is 1.31. The highest BCUT2D eigenvalue weighted by Crippen LogP contribution is 2.08. The molecule has 0 aromatic carbocycles. The first kappa shape index (κ1) is 8.97. The monoisotopic (exact) mass is 169 g/mol. The van der Waals surface area contributed by atoms with Crippen LogP contribution in [-0.2, 0) is 0 Å². The van der Waals surface area contributed by atoms with E-state index in [9.17, 15) is 8.78 Å². The fraction of sp³-hybridized carbons (Fsp3) is 0.286. The summed E-state index contributed by atoms with van der Waals surface area (Å²) in [6.07, 6.45) is 0. The highest BCUT2D eigenvalue weighted by molar-refractivity contribution is 6.33. The summed E-state index contributed by atoms with van der Waals surface area (Å²) >= 11 is 0. The van der Waals surface area contributed by atoms with Gasteiger partial charge < -0.3 is 4.74 Å². The number of ether oxygens (including phenoxy) is 1. The molecule has 0 saturated carbocycles. The lowest BCUT2D eigenvalue weighted by Gasteiger charge is -2.05. The van der Waals surface area contributed by atoms with Crippen LogP contribution < -0.4 is 10.2 Å². The second-order valence-corrected chi connectivity index (χ2v) is 2.20. The smallest absolute Gasteiger partial charge is 0.388 e. The van der Waals surface area contributed by atoms with Gasteiger partial charge in [0.05, 0.1) is 0 Å². The van der Waals surface area contributed by atoms with Gasteiger partial charge in [-0.05, 0) is 13.0 Å². The van der Waals surface area contributed by atoms with Gasteiger partial charge in [-0.25, -0.2) is 4.98 Å². The number of rotatable bonds is 2. The molecule has 0 fully saturated rings. The summed E-state index contributed by atoms with van der Waals surface area (Å²) in [5.74, 6) is -0.114. The Bertz CT molecular complexity index is 280. The van der Waals surface area contributed by atoms with Crippen molar-refractivity contribution in [2.24, 2.45) is 0 Å². The lowest BCUT2D eigenvalue weighted by molar-refractivity contribution is -0.0528. The Morgan fingerprint density at radius 1 is 1.50 bits per heavy atom. The van der Waals surface area contributed by atoms with Crippen LogP contribution in [0.15, 0.2) is 12.1 Å². The molecule has 5 heteroatoms. The van der Waals surface area contributed by atoms with E-state index in [4.69, 9.17) is 7.85 Å². The molecule has 1 rings (SSSR count). The molecule has 1 aromatic heterocycles. The minimum absolute atomic E-state index is 0.114. The Balaban J connectivity index is 2.82. The second-order valence-electron chi connectivity index (χ2n) is 2.20. The zero-order valence-corrected chi connectivity index (χ0v) is 6.42. The fourth-order valence-corrected chi connectivity index (χ4v) is 0.706. The lowest BCUT2D eigenvalue weighted by atomic mass is 9.95. The van der Waals surface area contributed by atoms with Crippen molar-refractivity contribution in [3.8, 4) is 5.88 Å². The van der Waals surface area contributed by atoms with Gasteiger partial charge in [0.25, 0.3) is 0 Å². The predicted octanol–water partition coefficient (Wildman–Crippen LogP) is 0.785. The summed E-state index contributed by atoms with van der Waals surface area (Å²) in [6.45, 7) is -1.23. The van der Waals surface area contributed by atoms with Crippen molar-refractivity contribution in [3.05, 3.63) is 17.8 Å². The highest BCUT2D eigenvalue weighted by atomic mass is 19.3. The predicted molar refractivity (Wildman–Crippen MR) is 41.0 cm³/mol. The van der Waals surface area contributed by atoms with Gasteiger partial charge in [-0.2, -0.15) is 8.78 Å². The number of aryl methyl sites for hydroxylation is 1. The Labute approximate surface area is 70.0 Å². The normalized spacial score (nSPS) is 10.3. The largest absolute Gasteiger partial charge is 0.417 e. The quantitative estimate of drug-likeness (QED) is 0.610. The van der Waals surface area contributed by atoms with Crippen LogP contribution in [0.1, 0.15) is 5.69 Å². The first-order chi connectivity index (χ1) is 5.59. The standard InChI is InChI=1S/C7H6BF2NO/c1-4-5(8)2-3-6(11-4)12-7(9)10/h2-3,7H,1H3. The maximum Gasteiger partial charge on any atom is 0.388 e. The lowest BCUT2D eigenvalue weighted by Crippen LogP contribution is -2.11. The van der Waals surface area contributed by atoms with Crippen molar-refractivity contribution in [1.29, 1.82) is 0 Å². The molecule has 0 unspecified atom stereocenters. The van der Waals surface area contributed by atoms with Gasteiger partial charge in [0.15, 0.2) is 0 Å². The molecule has 0 bridgehead atoms. The fourth-order valence-electron chi connectivity index (χ4n) is 0.706. The molecule has 0 amide bonds. The first-order valence-corrected chi connectivity index (χ1v) is 3.27. The molecule has 0 saturated heterocycles. The molecule has 2 nitrogen and oxygen atoms in total. The number of halogens is 2. The van der Waals surface area contributed by atoms with E-state index >= 15 is 0 Å². The molecule has 0 aliphatic carbocycles. The van der Waals surface area contributed by atoms with Gasteiger partial charge in [-0.15, -0.1) is 0 Å². The van der Waals surface area contributed by atoms with Gasteiger partial charge in [0, 0.05) is 5.69 Å². The average molecular weight is 169 g/mol. The Morgan fingerprint density at radius 2 is 2.17 bits per heavy atom. The Morgan fingerprint density at radius 3 is 2.67 bits per heavy atom. The summed E-state index contributed by atoms with van der Waals surface area (Å²) in [5.41, 5.74) is 0.935. The Kier molecular flexibility index (Phi) is 2.63. The molecule has 0 atom stereocenters. The molecule has 0 aliphatic heterocycles. The van der Waals surface area contributed by atoms with E-state index in [2.05, 4.69) is 9.72 Å². The summed E-state index contributed by atoms with van der Waals surface area (Å²) in [7, 11) is 5.41. The summed E-state index contributed by atoms with van der Waals surface area (Å²) in [4.78, 5) is 3.69. The average Bonchev–Trinajstić information content (AvgIpc) is 1.96. The van der Waals surface area contributed by atoms with Crippen LogP contribution in [0.2, 0.25) is 0 Å². The van der Waals surface area contributed by atoms with Crippen molar-refractivity contribution in [2.45, 2.75) is 13.5 Å². The highest BCUT2D eigenvalue weighted by Gasteiger charge is 2.05. The van der Waals surface area contributed by atoms with Gasteiger partial charge in [-0.1, -0.05) is 11.5 Å². The number of aromatic nitrogens is 1. The molecule has 2 radical (unpaired) electrons. The van der Waals surface area contributed by atoms with E-state index in [1.54, 1.807) is 6.92 Å². The Hall–Kier alpha value is -1.13. The van der Waals surface area contributed by atoms with Crippen molar-refractivity contribution >= 4 is 13.3 Å². The number of hydrogen-bond donors (Lipinski definition) is 0. The first-order valence-electron chi connectivity index (χ1n) is 3.27. The minimum Gasteiger partial charge on any atom is -0.417 e. The van der Waals surface area contributed by atoms with Crippen LogP contribution >= 0.6 is 0 Å². The van der Waals surface area contributed by atoms with E-state index in [0.29, 0.717) is 11.2 Å². The van der Waals surface area contributed by atoms with Crippen LogP contribution in [0.25, 0.3) is 0 Å². The van der Waals surface area contributed by atoms with Crippen molar-refractivity contribution in [3.63, 3.8) is 0 Å². The van der Waals surface area contributed by atoms with Crippen LogP contribution in [-0.4, -0.2) is 19.4 Å². The summed E-state index contributed by atoms with van der Waals surface area (Å²) < 4.78 is 27.4. The molecule has 1 aromatic rings. The van der Waals surface area contributed by atoms with E-state index in [0.717, 1.165) is 0 Å².